The summed E-state index contributed by atoms with van der Waals surface area (Å²) in [6, 6.07) is 8.45. The third-order valence-corrected chi connectivity index (χ3v) is 4.99. The molecule has 142 valence electrons. The number of hydrogen-bond donors (Lipinski definition) is 1. The largest absolute Gasteiger partial charge is 0.497 e. The Morgan fingerprint density at radius 2 is 2.08 bits per heavy atom. The third kappa shape index (κ3) is 5.06. The zero-order chi connectivity index (χ0) is 18.4. The molecule has 0 aliphatic carbocycles. The summed E-state index contributed by atoms with van der Waals surface area (Å²) in [5.41, 5.74) is 3.57. The van der Waals surface area contributed by atoms with Crippen molar-refractivity contribution < 1.29 is 9.47 Å². The number of aryl methyl sites for hydroxylation is 1. The lowest BCUT2D eigenvalue weighted by Gasteiger charge is -2.26. The molecule has 0 bridgehead atoms. The van der Waals surface area contributed by atoms with Crippen LogP contribution in [0.15, 0.2) is 30.5 Å². The molecule has 0 unspecified atom stereocenters. The van der Waals surface area contributed by atoms with Crippen LogP contribution in [0.4, 0.5) is 0 Å². The average Bonchev–Trinajstić information content (AvgIpc) is 3.05. The highest BCUT2D eigenvalue weighted by molar-refractivity contribution is 5.30. The van der Waals surface area contributed by atoms with Gasteiger partial charge in [0.05, 0.1) is 32.6 Å². The van der Waals surface area contributed by atoms with Crippen LogP contribution < -0.4 is 10.1 Å². The second-order valence-corrected chi connectivity index (χ2v) is 6.84. The van der Waals surface area contributed by atoms with Crippen LogP contribution in [-0.2, 0) is 17.8 Å². The van der Waals surface area contributed by atoms with E-state index < -0.39 is 0 Å². The van der Waals surface area contributed by atoms with E-state index in [1.807, 2.05) is 12.1 Å². The lowest BCUT2D eigenvalue weighted by Crippen LogP contribution is -2.38. The van der Waals surface area contributed by atoms with Crippen LogP contribution in [0.25, 0.3) is 0 Å². The predicted octanol–water partition coefficient (Wildman–Crippen LogP) is 2.38. The van der Waals surface area contributed by atoms with Crippen LogP contribution >= 0.6 is 0 Å². The topological polar surface area (TPSA) is 51.5 Å². The summed E-state index contributed by atoms with van der Waals surface area (Å²) in [5.74, 6) is 0.892. The highest BCUT2D eigenvalue weighted by Crippen LogP contribution is 2.19. The maximum atomic E-state index is 5.40. The van der Waals surface area contributed by atoms with Crippen molar-refractivity contribution in [2.45, 2.75) is 33.0 Å². The fourth-order valence-corrected chi connectivity index (χ4v) is 3.21. The second kappa shape index (κ2) is 9.16. The normalized spacial score (nSPS) is 16.6. The molecule has 0 spiro atoms. The van der Waals surface area contributed by atoms with Crippen molar-refractivity contribution in [2.24, 2.45) is 0 Å². The van der Waals surface area contributed by atoms with Crippen molar-refractivity contribution >= 4 is 0 Å². The molecule has 0 radical (unpaired) electrons. The Kier molecular flexibility index (Phi) is 6.66. The van der Waals surface area contributed by atoms with Gasteiger partial charge in [-0.05, 0) is 31.5 Å². The molecule has 1 aliphatic heterocycles. The number of aromatic nitrogens is 2. The lowest BCUT2D eigenvalue weighted by atomic mass is 10.1. The first kappa shape index (κ1) is 18.9. The fourth-order valence-electron chi connectivity index (χ4n) is 3.21. The molecule has 1 N–H and O–H groups in total. The minimum atomic E-state index is 0.251. The smallest absolute Gasteiger partial charge is 0.119 e. The molecule has 6 nitrogen and oxygen atoms in total. The first-order chi connectivity index (χ1) is 12.7. The summed E-state index contributed by atoms with van der Waals surface area (Å²) in [5, 5.41) is 8.26. The molecule has 0 saturated carbocycles. The number of nitrogens with zero attached hydrogens (tertiary/aromatic N) is 3. The molecule has 1 aromatic carbocycles. The maximum absolute atomic E-state index is 5.40. The molecular formula is C20H30N4O2. The van der Waals surface area contributed by atoms with Crippen LogP contribution in [-0.4, -0.2) is 54.6 Å². The van der Waals surface area contributed by atoms with E-state index in [1.165, 1.54) is 11.1 Å². The number of benzene rings is 1. The molecule has 1 aromatic heterocycles. The summed E-state index contributed by atoms with van der Waals surface area (Å²) in [6.07, 6.45) is 2.17. The van der Waals surface area contributed by atoms with E-state index in [-0.39, 0.29) is 6.04 Å². The predicted molar refractivity (Wildman–Crippen MR) is 102 cm³/mol. The van der Waals surface area contributed by atoms with Crippen LogP contribution in [0, 0.1) is 6.92 Å². The van der Waals surface area contributed by atoms with E-state index in [0.717, 1.165) is 57.4 Å². The van der Waals surface area contributed by atoms with E-state index >= 15 is 0 Å². The molecule has 0 amide bonds. The first-order valence-electron chi connectivity index (χ1n) is 9.36. The Balaban J connectivity index is 1.52. The molecule has 1 atom stereocenters. The summed E-state index contributed by atoms with van der Waals surface area (Å²) in [6.45, 7) is 10.7. The summed E-state index contributed by atoms with van der Waals surface area (Å²) >= 11 is 0. The van der Waals surface area contributed by atoms with Gasteiger partial charge in [-0.1, -0.05) is 12.1 Å². The van der Waals surface area contributed by atoms with Crippen molar-refractivity contribution in [1.82, 2.24) is 20.0 Å². The van der Waals surface area contributed by atoms with E-state index in [1.54, 1.807) is 7.11 Å². The quantitative estimate of drug-likeness (QED) is 0.785. The van der Waals surface area contributed by atoms with Crippen molar-refractivity contribution in [3.05, 3.63) is 47.3 Å². The molecule has 1 fully saturated rings. The maximum Gasteiger partial charge on any atom is 0.119 e. The van der Waals surface area contributed by atoms with Crippen molar-refractivity contribution in [3.63, 3.8) is 0 Å². The number of methoxy groups -OCH3 is 1. The number of morpholine rings is 1. The Morgan fingerprint density at radius 1 is 1.27 bits per heavy atom. The van der Waals surface area contributed by atoms with Gasteiger partial charge in [0.2, 0.25) is 0 Å². The second-order valence-electron chi connectivity index (χ2n) is 6.84. The van der Waals surface area contributed by atoms with Gasteiger partial charge < -0.3 is 14.8 Å². The minimum Gasteiger partial charge on any atom is -0.497 e. The van der Waals surface area contributed by atoms with Crippen LogP contribution in [0.5, 0.6) is 5.75 Å². The van der Waals surface area contributed by atoms with Gasteiger partial charge in [0.1, 0.15) is 5.75 Å². The number of ether oxygens (including phenoxy) is 2. The molecule has 3 rings (SSSR count). The highest BCUT2D eigenvalue weighted by atomic mass is 16.5. The van der Waals surface area contributed by atoms with Crippen molar-refractivity contribution in [1.29, 1.82) is 0 Å². The van der Waals surface area contributed by atoms with Crippen LogP contribution in [0.3, 0.4) is 0 Å². The van der Waals surface area contributed by atoms with Crippen molar-refractivity contribution in [3.8, 4) is 5.75 Å². The van der Waals surface area contributed by atoms with Gasteiger partial charge >= 0.3 is 0 Å². The summed E-state index contributed by atoms with van der Waals surface area (Å²) < 4.78 is 12.8. The zero-order valence-corrected chi connectivity index (χ0v) is 16.1. The molecule has 1 aliphatic rings. The molecular weight excluding hydrogens is 328 g/mol. The standard InChI is InChI=1S/C20H30N4O2/c1-16(18-5-4-6-20(13-18)25-3)21-14-19-15-24(22-17(19)2)8-7-23-9-11-26-12-10-23/h4-6,13,15-16,21H,7-12,14H2,1-3H3/t16-/m1/s1. The zero-order valence-electron chi connectivity index (χ0n) is 16.1. The Hall–Kier alpha value is -1.89. The van der Waals surface area contributed by atoms with Gasteiger partial charge in [-0.2, -0.15) is 5.10 Å². The van der Waals surface area contributed by atoms with Crippen molar-refractivity contribution in [2.75, 3.05) is 40.0 Å². The SMILES string of the molecule is COc1cccc([C@@H](C)NCc2cn(CCN3CCOCC3)nc2C)c1. The Labute approximate surface area is 156 Å². The number of hydrogen-bond acceptors (Lipinski definition) is 5. The minimum absolute atomic E-state index is 0.251. The molecule has 26 heavy (non-hydrogen) atoms. The molecule has 6 heteroatoms. The first-order valence-corrected chi connectivity index (χ1v) is 9.36. The van der Waals surface area contributed by atoms with E-state index in [9.17, 15) is 0 Å². The van der Waals surface area contributed by atoms with Gasteiger partial charge in [0.25, 0.3) is 0 Å². The van der Waals surface area contributed by atoms with Crippen LogP contribution in [0.1, 0.15) is 29.8 Å². The summed E-state index contributed by atoms with van der Waals surface area (Å²) in [4.78, 5) is 2.43. The van der Waals surface area contributed by atoms with Crippen LogP contribution in [0.2, 0.25) is 0 Å². The lowest BCUT2D eigenvalue weighted by molar-refractivity contribution is 0.0359. The Bertz CT molecular complexity index is 695. The highest BCUT2D eigenvalue weighted by Gasteiger charge is 2.12. The van der Waals surface area contributed by atoms with Gasteiger partial charge in [0, 0.05) is 44.0 Å². The van der Waals surface area contributed by atoms with Gasteiger partial charge in [-0.25, -0.2) is 0 Å². The van der Waals surface area contributed by atoms with E-state index in [0.29, 0.717) is 0 Å². The monoisotopic (exact) mass is 358 g/mol. The Morgan fingerprint density at radius 3 is 2.85 bits per heavy atom. The van der Waals surface area contributed by atoms with E-state index in [4.69, 9.17) is 9.47 Å². The molecule has 2 heterocycles. The van der Waals surface area contributed by atoms with Gasteiger partial charge in [-0.15, -0.1) is 0 Å². The van der Waals surface area contributed by atoms with E-state index in [2.05, 4.69) is 52.2 Å². The van der Waals surface area contributed by atoms with Gasteiger partial charge in [-0.3, -0.25) is 9.58 Å². The summed E-state index contributed by atoms with van der Waals surface area (Å²) in [7, 11) is 1.70. The third-order valence-electron chi connectivity index (χ3n) is 4.99. The number of rotatable bonds is 8. The van der Waals surface area contributed by atoms with Gasteiger partial charge in [0.15, 0.2) is 0 Å². The average molecular weight is 358 g/mol. The molecule has 1 saturated heterocycles. The number of nitrogens with one attached hydrogen (secondary N) is 1. The fraction of sp³-hybridized carbons (Fsp3) is 0.550. The molecule has 2 aromatic rings.